The van der Waals surface area contributed by atoms with Gasteiger partial charge in [0.15, 0.2) is 11.6 Å². The Hall–Kier alpha value is -3.50. The molecule has 0 amide bonds. The highest BCUT2D eigenvalue weighted by Crippen LogP contribution is 2.31. The van der Waals surface area contributed by atoms with Crippen molar-refractivity contribution in [2.24, 2.45) is 5.92 Å². The molecule has 0 bridgehead atoms. The lowest BCUT2D eigenvalue weighted by Crippen LogP contribution is -2.33. The van der Waals surface area contributed by atoms with Crippen LogP contribution in [0.15, 0.2) is 36.7 Å². The maximum Gasteiger partial charge on any atom is 0.229 e. The minimum Gasteiger partial charge on any atom is -0.388 e. The number of anilines is 2. The van der Waals surface area contributed by atoms with Crippen molar-refractivity contribution >= 4 is 22.8 Å². The number of halogens is 2. The predicted octanol–water partition coefficient (Wildman–Crippen LogP) is 4.83. The van der Waals surface area contributed by atoms with E-state index >= 15 is 0 Å². The molecule has 1 saturated heterocycles. The topological polar surface area (TPSA) is 101 Å². The molecule has 0 saturated carbocycles. The van der Waals surface area contributed by atoms with E-state index in [0.29, 0.717) is 17.2 Å². The summed E-state index contributed by atoms with van der Waals surface area (Å²) < 4.78 is 31.6. The fourth-order valence-electron chi connectivity index (χ4n) is 4.88. The SMILES string of the molecule is Cc1nc2c(F)cc(-c3nc(Nc4ccc([C@@H](O)[C@@H]5CCCNC5)cn4)ncc3F)cc2n1C(C)C. The fraction of sp³-hybridized carbons (Fsp3) is 0.385. The van der Waals surface area contributed by atoms with Gasteiger partial charge in [-0.1, -0.05) is 6.07 Å². The number of piperidine rings is 1. The molecule has 0 radical (unpaired) electrons. The first-order valence-electron chi connectivity index (χ1n) is 12.1. The highest BCUT2D eigenvalue weighted by Gasteiger charge is 2.23. The molecule has 0 spiro atoms. The molecule has 0 aliphatic carbocycles. The first kappa shape index (κ1) is 24.2. The van der Waals surface area contributed by atoms with E-state index < -0.39 is 17.7 Å². The first-order chi connectivity index (χ1) is 17.3. The van der Waals surface area contributed by atoms with E-state index in [1.54, 1.807) is 24.4 Å². The number of aliphatic hydroxyl groups is 1. The van der Waals surface area contributed by atoms with Crippen molar-refractivity contribution in [1.29, 1.82) is 0 Å². The van der Waals surface area contributed by atoms with Gasteiger partial charge in [0.1, 0.15) is 22.9 Å². The largest absolute Gasteiger partial charge is 0.388 e. The van der Waals surface area contributed by atoms with Crippen molar-refractivity contribution in [3.8, 4) is 11.3 Å². The lowest BCUT2D eigenvalue weighted by atomic mass is 9.90. The van der Waals surface area contributed by atoms with Crippen LogP contribution in [0.5, 0.6) is 0 Å². The van der Waals surface area contributed by atoms with E-state index in [-0.39, 0.29) is 34.7 Å². The van der Waals surface area contributed by atoms with Crippen LogP contribution >= 0.6 is 0 Å². The molecule has 3 aromatic heterocycles. The molecular weight excluding hydrogens is 464 g/mol. The number of imidazole rings is 1. The molecule has 10 heteroatoms. The third kappa shape index (κ3) is 4.66. The summed E-state index contributed by atoms with van der Waals surface area (Å²) in [6.45, 7) is 7.53. The van der Waals surface area contributed by atoms with Crippen LogP contribution in [0.1, 0.15) is 50.2 Å². The number of fused-ring (bicyclic) bond motifs is 1. The summed E-state index contributed by atoms with van der Waals surface area (Å²) in [7, 11) is 0. The summed E-state index contributed by atoms with van der Waals surface area (Å²) in [6.07, 6.45) is 4.07. The third-order valence-corrected chi connectivity index (χ3v) is 6.61. The quantitative estimate of drug-likeness (QED) is 0.354. The Balaban J connectivity index is 1.41. The lowest BCUT2D eigenvalue weighted by molar-refractivity contribution is 0.0919. The Morgan fingerprint density at radius 3 is 2.64 bits per heavy atom. The third-order valence-electron chi connectivity index (χ3n) is 6.61. The summed E-state index contributed by atoms with van der Waals surface area (Å²) in [5, 5.41) is 16.9. The smallest absolute Gasteiger partial charge is 0.229 e. The average molecular weight is 494 g/mol. The zero-order valence-electron chi connectivity index (χ0n) is 20.5. The fourth-order valence-corrected chi connectivity index (χ4v) is 4.88. The Labute approximate surface area is 207 Å². The number of benzene rings is 1. The summed E-state index contributed by atoms with van der Waals surface area (Å²) in [6, 6.07) is 6.51. The van der Waals surface area contributed by atoms with E-state index in [0.717, 1.165) is 37.7 Å². The Morgan fingerprint density at radius 2 is 1.94 bits per heavy atom. The minimum atomic E-state index is -0.667. The van der Waals surface area contributed by atoms with Crippen LogP contribution < -0.4 is 10.6 Å². The number of pyridine rings is 1. The van der Waals surface area contributed by atoms with Gasteiger partial charge in [0.05, 0.1) is 17.8 Å². The number of hydrogen-bond acceptors (Lipinski definition) is 7. The van der Waals surface area contributed by atoms with Crippen molar-refractivity contribution in [2.75, 3.05) is 18.4 Å². The zero-order chi connectivity index (χ0) is 25.4. The summed E-state index contributed by atoms with van der Waals surface area (Å²) in [5.41, 5.74) is 1.81. The van der Waals surface area contributed by atoms with Gasteiger partial charge in [-0.15, -0.1) is 0 Å². The summed E-state index contributed by atoms with van der Waals surface area (Å²) >= 11 is 0. The molecule has 1 aromatic carbocycles. The van der Waals surface area contributed by atoms with Crippen LogP contribution in [0.2, 0.25) is 0 Å². The Morgan fingerprint density at radius 1 is 1.11 bits per heavy atom. The molecular formula is C26H29F2N7O. The van der Waals surface area contributed by atoms with Gasteiger partial charge in [0.2, 0.25) is 5.95 Å². The Kier molecular flexibility index (Phi) is 6.63. The standard InChI is InChI=1S/C26H29F2N7O/c1-14(2)35-15(3)32-24-19(27)9-18(10-21(24)35)23-20(28)13-31-26(34-23)33-22-7-6-17(12-30-22)25(36)16-5-4-8-29-11-16/h6-7,9-10,12-14,16,25,29,36H,4-5,8,11H2,1-3H3,(H,30,31,33,34)/t16-,25+/m1/s1. The minimum absolute atomic E-state index is 0.0284. The number of hydrogen-bond donors (Lipinski definition) is 3. The van der Waals surface area contributed by atoms with E-state index in [1.807, 2.05) is 25.3 Å². The Bertz CT molecular complexity index is 1380. The van der Waals surface area contributed by atoms with Crippen LogP contribution in [0.4, 0.5) is 20.5 Å². The van der Waals surface area contributed by atoms with Crippen LogP contribution in [0, 0.1) is 24.5 Å². The van der Waals surface area contributed by atoms with Crippen LogP contribution in [-0.2, 0) is 0 Å². The van der Waals surface area contributed by atoms with Gasteiger partial charge in [-0.05, 0) is 63.9 Å². The maximum absolute atomic E-state index is 14.9. The van der Waals surface area contributed by atoms with Crippen LogP contribution in [0.25, 0.3) is 22.3 Å². The van der Waals surface area contributed by atoms with Gasteiger partial charge >= 0.3 is 0 Å². The molecule has 188 valence electrons. The van der Waals surface area contributed by atoms with Crippen molar-refractivity contribution in [2.45, 2.75) is 45.8 Å². The van der Waals surface area contributed by atoms with Gasteiger partial charge < -0.3 is 20.3 Å². The summed E-state index contributed by atoms with van der Waals surface area (Å²) in [5.74, 6) is 0.190. The number of rotatable bonds is 6. The second-order valence-corrected chi connectivity index (χ2v) is 9.49. The van der Waals surface area contributed by atoms with E-state index in [2.05, 4.69) is 30.6 Å². The number of aliphatic hydroxyl groups excluding tert-OH is 1. The van der Waals surface area contributed by atoms with Crippen molar-refractivity contribution in [3.63, 3.8) is 0 Å². The molecule has 36 heavy (non-hydrogen) atoms. The molecule has 8 nitrogen and oxygen atoms in total. The second-order valence-electron chi connectivity index (χ2n) is 9.49. The van der Waals surface area contributed by atoms with Crippen molar-refractivity contribution in [3.05, 3.63) is 59.7 Å². The molecule has 4 heterocycles. The van der Waals surface area contributed by atoms with Crippen LogP contribution in [-0.4, -0.2) is 42.7 Å². The van der Waals surface area contributed by atoms with E-state index in [4.69, 9.17) is 0 Å². The molecule has 5 rings (SSSR count). The van der Waals surface area contributed by atoms with E-state index in [9.17, 15) is 13.9 Å². The second kappa shape index (κ2) is 9.87. The van der Waals surface area contributed by atoms with Crippen molar-refractivity contribution < 1.29 is 13.9 Å². The number of aryl methyl sites for hydroxylation is 1. The molecule has 3 N–H and O–H groups in total. The number of nitrogens with one attached hydrogen (secondary N) is 2. The summed E-state index contributed by atoms with van der Waals surface area (Å²) in [4.78, 5) is 17.0. The average Bonchev–Trinajstić information content (AvgIpc) is 3.22. The monoisotopic (exact) mass is 493 g/mol. The highest BCUT2D eigenvalue weighted by molar-refractivity contribution is 5.83. The number of aromatic nitrogens is 5. The molecule has 1 fully saturated rings. The normalized spacial score (nSPS) is 17.0. The van der Waals surface area contributed by atoms with Crippen molar-refractivity contribution in [1.82, 2.24) is 29.8 Å². The van der Waals surface area contributed by atoms with Gasteiger partial charge in [0.25, 0.3) is 0 Å². The maximum atomic E-state index is 14.9. The number of nitrogens with zero attached hydrogens (tertiary/aromatic N) is 5. The molecule has 0 unspecified atom stereocenters. The predicted molar refractivity (Wildman–Crippen MR) is 134 cm³/mol. The molecule has 1 aliphatic heterocycles. The van der Waals surface area contributed by atoms with E-state index in [1.165, 1.54) is 6.07 Å². The zero-order valence-corrected chi connectivity index (χ0v) is 20.5. The highest BCUT2D eigenvalue weighted by atomic mass is 19.1. The van der Waals surface area contributed by atoms with Gasteiger partial charge in [0, 0.05) is 30.3 Å². The van der Waals surface area contributed by atoms with Gasteiger partial charge in [-0.3, -0.25) is 0 Å². The first-order valence-corrected chi connectivity index (χ1v) is 12.1. The lowest BCUT2D eigenvalue weighted by Gasteiger charge is -2.27. The molecule has 2 atom stereocenters. The molecule has 1 aliphatic rings. The van der Waals surface area contributed by atoms with Gasteiger partial charge in [-0.25, -0.2) is 28.7 Å². The van der Waals surface area contributed by atoms with Gasteiger partial charge in [-0.2, -0.15) is 0 Å². The van der Waals surface area contributed by atoms with Crippen LogP contribution in [0.3, 0.4) is 0 Å². The molecule has 4 aromatic rings.